The van der Waals surface area contributed by atoms with Gasteiger partial charge >= 0.3 is 0 Å². The van der Waals surface area contributed by atoms with Gasteiger partial charge in [0.1, 0.15) is 5.82 Å². The van der Waals surface area contributed by atoms with Gasteiger partial charge in [0.2, 0.25) is 5.95 Å². The molecule has 0 aliphatic carbocycles. The molecule has 3 N–H and O–H groups in total. The standard InChI is InChI=1S/C11H13N5/c12-11-15-8-5-10(16-11)14-7-4-9-3-1-2-6-13-9/h1-3,5-6,8H,4,7H2,(H3,12,14,15,16). The Hall–Kier alpha value is -2.17. The summed E-state index contributed by atoms with van der Waals surface area (Å²) in [4.78, 5) is 12.1. The number of nitrogens with two attached hydrogens (primary N) is 1. The summed E-state index contributed by atoms with van der Waals surface area (Å²) >= 11 is 0. The fraction of sp³-hybridized carbons (Fsp3) is 0.182. The Morgan fingerprint density at radius 1 is 1.12 bits per heavy atom. The van der Waals surface area contributed by atoms with Gasteiger partial charge in [0.25, 0.3) is 0 Å². The van der Waals surface area contributed by atoms with Crippen molar-refractivity contribution < 1.29 is 0 Å². The van der Waals surface area contributed by atoms with Gasteiger partial charge in [-0.1, -0.05) is 6.07 Å². The molecule has 2 aromatic heterocycles. The lowest BCUT2D eigenvalue weighted by Gasteiger charge is -2.04. The summed E-state index contributed by atoms with van der Waals surface area (Å²) in [7, 11) is 0. The molecular formula is C11H13N5. The van der Waals surface area contributed by atoms with Gasteiger partial charge < -0.3 is 11.1 Å². The van der Waals surface area contributed by atoms with Crippen LogP contribution >= 0.6 is 0 Å². The summed E-state index contributed by atoms with van der Waals surface area (Å²) in [6.45, 7) is 0.771. The van der Waals surface area contributed by atoms with Gasteiger partial charge in [-0.15, -0.1) is 0 Å². The lowest BCUT2D eigenvalue weighted by Crippen LogP contribution is -2.08. The quantitative estimate of drug-likeness (QED) is 0.798. The largest absolute Gasteiger partial charge is 0.370 e. The van der Waals surface area contributed by atoms with E-state index in [2.05, 4.69) is 20.3 Å². The number of aromatic nitrogens is 3. The van der Waals surface area contributed by atoms with E-state index >= 15 is 0 Å². The fourth-order valence-corrected chi connectivity index (χ4v) is 1.34. The van der Waals surface area contributed by atoms with Crippen LogP contribution in [0.5, 0.6) is 0 Å². The van der Waals surface area contributed by atoms with Crippen LogP contribution in [0.3, 0.4) is 0 Å². The molecule has 0 aliphatic rings. The zero-order valence-corrected chi connectivity index (χ0v) is 8.80. The van der Waals surface area contributed by atoms with E-state index in [4.69, 9.17) is 5.73 Å². The van der Waals surface area contributed by atoms with Gasteiger partial charge in [-0.05, 0) is 18.2 Å². The number of pyridine rings is 1. The number of nitrogens with one attached hydrogen (secondary N) is 1. The van der Waals surface area contributed by atoms with Crippen LogP contribution in [0, 0.1) is 0 Å². The van der Waals surface area contributed by atoms with Crippen LogP contribution < -0.4 is 11.1 Å². The van der Waals surface area contributed by atoms with Crippen molar-refractivity contribution in [1.82, 2.24) is 15.0 Å². The van der Waals surface area contributed by atoms with Crippen molar-refractivity contribution in [2.24, 2.45) is 0 Å². The van der Waals surface area contributed by atoms with Gasteiger partial charge in [0, 0.05) is 31.1 Å². The molecule has 2 aromatic rings. The highest BCUT2D eigenvalue weighted by Crippen LogP contribution is 2.03. The molecule has 2 heterocycles. The topological polar surface area (TPSA) is 76.7 Å². The second-order valence-corrected chi connectivity index (χ2v) is 3.30. The molecule has 0 aliphatic heterocycles. The first-order valence-electron chi connectivity index (χ1n) is 5.07. The van der Waals surface area contributed by atoms with E-state index in [9.17, 15) is 0 Å². The van der Waals surface area contributed by atoms with E-state index in [1.165, 1.54) is 0 Å². The fourth-order valence-electron chi connectivity index (χ4n) is 1.34. The van der Waals surface area contributed by atoms with Crippen molar-refractivity contribution in [3.63, 3.8) is 0 Å². The highest BCUT2D eigenvalue weighted by molar-refractivity contribution is 5.37. The summed E-state index contributed by atoms with van der Waals surface area (Å²) in [5.41, 5.74) is 6.52. The van der Waals surface area contributed by atoms with E-state index in [-0.39, 0.29) is 5.95 Å². The molecular weight excluding hydrogens is 202 g/mol. The molecule has 0 radical (unpaired) electrons. The molecule has 0 atom stereocenters. The summed E-state index contributed by atoms with van der Waals surface area (Å²) in [5.74, 6) is 1.02. The SMILES string of the molecule is Nc1nccc(NCCc2ccccn2)n1. The summed E-state index contributed by atoms with van der Waals surface area (Å²) < 4.78 is 0. The Morgan fingerprint density at radius 3 is 2.81 bits per heavy atom. The molecule has 0 unspecified atom stereocenters. The van der Waals surface area contributed by atoms with Crippen LogP contribution in [-0.2, 0) is 6.42 Å². The second-order valence-electron chi connectivity index (χ2n) is 3.30. The Morgan fingerprint density at radius 2 is 2.06 bits per heavy atom. The number of nitrogen functional groups attached to an aromatic ring is 1. The van der Waals surface area contributed by atoms with Crippen LogP contribution in [0.1, 0.15) is 5.69 Å². The molecule has 0 aromatic carbocycles. The lowest BCUT2D eigenvalue weighted by atomic mass is 10.3. The van der Waals surface area contributed by atoms with E-state index in [0.717, 1.165) is 24.5 Å². The Labute approximate surface area is 93.8 Å². The minimum Gasteiger partial charge on any atom is -0.370 e. The number of anilines is 2. The van der Waals surface area contributed by atoms with Gasteiger partial charge in [-0.3, -0.25) is 4.98 Å². The van der Waals surface area contributed by atoms with E-state index in [1.54, 1.807) is 18.5 Å². The van der Waals surface area contributed by atoms with Crippen molar-refractivity contribution in [3.8, 4) is 0 Å². The normalized spacial score (nSPS) is 10.0. The van der Waals surface area contributed by atoms with E-state index < -0.39 is 0 Å². The number of nitrogens with zero attached hydrogens (tertiary/aromatic N) is 3. The van der Waals surface area contributed by atoms with Crippen molar-refractivity contribution in [2.75, 3.05) is 17.6 Å². The van der Waals surface area contributed by atoms with Crippen molar-refractivity contribution >= 4 is 11.8 Å². The number of rotatable bonds is 4. The molecule has 16 heavy (non-hydrogen) atoms. The third kappa shape index (κ3) is 2.91. The molecule has 5 nitrogen and oxygen atoms in total. The Bertz CT molecular complexity index is 443. The number of hydrogen-bond acceptors (Lipinski definition) is 5. The molecule has 0 saturated heterocycles. The molecule has 0 spiro atoms. The van der Waals surface area contributed by atoms with E-state index in [1.807, 2.05) is 18.2 Å². The van der Waals surface area contributed by atoms with Gasteiger partial charge in [0.15, 0.2) is 0 Å². The average Bonchev–Trinajstić information content (AvgIpc) is 2.30. The van der Waals surface area contributed by atoms with E-state index in [0.29, 0.717) is 0 Å². The van der Waals surface area contributed by atoms with Crippen LogP contribution in [-0.4, -0.2) is 21.5 Å². The second kappa shape index (κ2) is 5.06. The molecule has 5 heteroatoms. The summed E-state index contributed by atoms with van der Waals surface area (Å²) in [6.07, 6.45) is 4.27. The van der Waals surface area contributed by atoms with Crippen molar-refractivity contribution in [3.05, 3.63) is 42.4 Å². The molecule has 2 rings (SSSR count). The first kappa shape index (κ1) is 10.4. The van der Waals surface area contributed by atoms with Crippen LogP contribution in [0.25, 0.3) is 0 Å². The molecule has 0 bridgehead atoms. The third-order valence-corrected chi connectivity index (χ3v) is 2.09. The van der Waals surface area contributed by atoms with Crippen molar-refractivity contribution in [2.45, 2.75) is 6.42 Å². The maximum atomic E-state index is 5.47. The highest BCUT2D eigenvalue weighted by atomic mass is 15.1. The zero-order valence-electron chi connectivity index (χ0n) is 8.80. The molecule has 0 fully saturated rings. The summed E-state index contributed by atoms with van der Waals surface area (Å²) in [6, 6.07) is 7.66. The van der Waals surface area contributed by atoms with Gasteiger partial charge in [-0.2, -0.15) is 4.98 Å². The first-order chi connectivity index (χ1) is 7.84. The van der Waals surface area contributed by atoms with Crippen molar-refractivity contribution in [1.29, 1.82) is 0 Å². The van der Waals surface area contributed by atoms with Crippen LogP contribution in [0.4, 0.5) is 11.8 Å². The maximum absolute atomic E-state index is 5.47. The lowest BCUT2D eigenvalue weighted by molar-refractivity contribution is 0.952. The maximum Gasteiger partial charge on any atom is 0.221 e. The Balaban J connectivity index is 1.85. The van der Waals surface area contributed by atoms with Gasteiger partial charge in [0.05, 0.1) is 0 Å². The minimum absolute atomic E-state index is 0.280. The predicted molar refractivity (Wildman–Crippen MR) is 62.9 cm³/mol. The van der Waals surface area contributed by atoms with Crippen LogP contribution in [0.15, 0.2) is 36.7 Å². The minimum atomic E-state index is 0.280. The van der Waals surface area contributed by atoms with Crippen LogP contribution in [0.2, 0.25) is 0 Å². The highest BCUT2D eigenvalue weighted by Gasteiger charge is 1.96. The molecule has 0 saturated carbocycles. The zero-order chi connectivity index (χ0) is 11.2. The monoisotopic (exact) mass is 215 g/mol. The average molecular weight is 215 g/mol. The smallest absolute Gasteiger partial charge is 0.221 e. The summed E-state index contributed by atoms with van der Waals surface area (Å²) in [5, 5.41) is 3.16. The first-order valence-corrected chi connectivity index (χ1v) is 5.07. The predicted octanol–water partition coefficient (Wildman–Crippen LogP) is 1.11. The number of hydrogen-bond donors (Lipinski definition) is 2. The van der Waals surface area contributed by atoms with Gasteiger partial charge in [-0.25, -0.2) is 4.98 Å². The Kier molecular flexibility index (Phi) is 3.28. The molecule has 82 valence electrons. The molecule has 0 amide bonds. The third-order valence-electron chi connectivity index (χ3n) is 2.09.